The summed E-state index contributed by atoms with van der Waals surface area (Å²) in [5.41, 5.74) is 0. The molecule has 22 heteroatoms. The average molecular weight is 887 g/mol. The van der Waals surface area contributed by atoms with Crippen LogP contribution in [-0.4, -0.2) is 148 Å². The van der Waals surface area contributed by atoms with Crippen LogP contribution < -0.4 is 0 Å². The van der Waals surface area contributed by atoms with Crippen molar-refractivity contribution in [3.8, 4) is 0 Å². The summed E-state index contributed by atoms with van der Waals surface area (Å²) < 4.78 is 58.8. The molecule has 0 aliphatic rings. The highest BCUT2D eigenvalue weighted by molar-refractivity contribution is 6.80. The van der Waals surface area contributed by atoms with E-state index in [1.165, 1.54) is 0 Å². The minimum Gasteiger partial charge on any atom is -0.415 e. The molecule has 4 unspecified atom stereocenters. The van der Waals surface area contributed by atoms with Crippen molar-refractivity contribution >= 4 is 51.4 Å². The van der Waals surface area contributed by atoms with Crippen LogP contribution in [0.15, 0.2) is 0 Å². The molecule has 16 nitrogen and oxygen atoms in total. The monoisotopic (exact) mass is 886 g/mol. The van der Waals surface area contributed by atoms with E-state index in [1.807, 2.05) is 13.1 Å². The Morgan fingerprint density at radius 2 is 0.389 bits per heavy atom. The minimum absolute atomic E-state index is 0.430. The molecule has 4 atom stereocenters. The van der Waals surface area contributed by atoms with Gasteiger partial charge in [-0.3, -0.25) is 0 Å². The van der Waals surface area contributed by atoms with E-state index in [9.17, 15) is 0 Å². The second-order valence-electron chi connectivity index (χ2n) is 14.2. The average Bonchev–Trinajstić information content (AvgIpc) is 3.17. The van der Waals surface area contributed by atoms with Crippen molar-refractivity contribution in [2.45, 2.75) is 114 Å². The lowest BCUT2D eigenvalue weighted by molar-refractivity contribution is -0.294. The molecule has 0 aliphatic carbocycles. The van der Waals surface area contributed by atoms with E-state index < -0.39 is 51.4 Å². The van der Waals surface area contributed by atoms with E-state index >= 15 is 0 Å². The van der Waals surface area contributed by atoms with Crippen molar-refractivity contribution in [2.24, 2.45) is 0 Å². The maximum absolute atomic E-state index is 6.61. The standard InChI is InChI=1S/C32H78O16Si6/c1-33-49(9,34-2)27-15-21-41-43-23-17-29-51(11,37-5)47-53(13,39-7)31-19-25-45-46-26-20-32-54(14,40-8)48-52(12,38-6)30-18-24-44-42-22-16-28-50(10,35-3)36-4/h15-32H2,1-14H3. The Labute approximate surface area is 333 Å². The lowest BCUT2D eigenvalue weighted by Crippen LogP contribution is -2.51. The summed E-state index contributed by atoms with van der Waals surface area (Å²) >= 11 is 0. The number of hydrogen-bond donors (Lipinski definition) is 0. The zero-order chi connectivity index (χ0) is 41.0. The maximum atomic E-state index is 6.61. The first kappa shape index (κ1) is 54.7. The van der Waals surface area contributed by atoms with Crippen LogP contribution in [0.1, 0.15) is 38.5 Å². The highest BCUT2D eigenvalue weighted by atomic mass is 28.5. The van der Waals surface area contributed by atoms with E-state index in [4.69, 9.17) is 73.0 Å². The van der Waals surface area contributed by atoms with Gasteiger partial charge in [0.25, 0.3) is 0 Å². The minimum atomic E-state index is -2.50. The fourth-order valence-electron chi connectivity index (χ4n) is 5.33. The fourth-order valence-corrected chi connectivity index (χ4v) is 22.3. The Morgan fingerprint density at radius 1 is 0.241 bits per heavy atom. The lowest BCUT2D eigenvalue weighted by Gasteiger charge is -2.35. The van der Waals surface area contributed by atoms with E-state index in [0.717, 1.165) is 74.8 Å². The van der Waals surface area contributed by atoms with Gasteiger partial charge in [-0.1, -0.05) is 0 Å². The first-order chi connectivity index (χ1) is 25.5. The van der Waals surface area contributed by atoms with E-state index in [1.54, 1.807) is 56.9 Å². The quantitative estimate of drug-likeness (QED) is 0.0275. The summed E-state index contributed by atoms with van der Waals surface area (Å²) in [5, 5.41) is 0. The van der Waals surface area contributed by atoms with E-state index in [2.05, 4.69) is 26.2 Å². The van der Waals surface area contributed by atoms with Crippen LogP contribution in [0, 0.1) is 0 Å². The molecule has 0 aromatic carbocycles. The molecule has 0 bridgehead atoms. The van der Waals surface area contributed by atoms with Crippen molar-refractivity contribution in [2.75, 3.05) is 96.5 Å². The third kappa shape index (κ3) is 24.6. The normalized spacial score (nSPS) is 17.2. The molecule has 326 valence electrons. The van der Waals surface area contributed by atoms with Crippen LogP contribution in [0.25, 0.3) is 0 Å². The second-order valence-corrected chi connectivity index (χ2v) is 35.7. The molecule has 0 spiro atoms. The van der Waals surface area contributed by atoms with Gasteiger partial charge in [0.05, 0.1) is 39.6 Å². The Kier molecular flexibility index (Phi) is 30.2. The third-order valence-corrected chi connectivity index (χ3v) is 31.1. The zero-order valence-corrected chi connectivity index (χ0v) is 42.3. The van der Waals surface area contributed by atoms with Crippen molar-refractivity contribution in [1.29, 1.82) is 0 Å². The van der Waals surface area contributed by atoms with Crippen LogP contribution in [0.4, 0.5) is 0 Å². The van der Waals surface area contributed by atoms with Gasteiger partial charge in [0.2, 0.25) is 0 Å². The molecule has 0 aromatic heterocycles. The van der Waals surface area contributed by atoms with Crippen LogP contribution >= 0.6 is 0 Å². The third-order valence-electron chi connectivity index (χ3n) is 9.72. The molecule has 0 N–H and O–H groups in total. The SMILES string of the molecule is CO[Si](C)(CCCOOCCC[Si](C)(OC)O[Si](C)(CCCOOCCC[Si](C)(OC)O[Si](C)(CCCOOCCC[Si](C)(OC)OC)OC)OC)OC. The lowest BCUT2D eigenvalue weighted by atomic mass is 10.5. The first-order valence-electron chi connectivity index (χ1n) is 19.1. The van der Waals surface area contributed by atoms with E-state index in [0.29, 0.717) is 39.6 Å². The van der Waals surface area contributed by atoms with Gasteiger partial charge in [0.1, 0.15) is 0 Å². The summed E-state index contributed by atoms with van der Waals surface area (Å²) in [6.45, 7) is 15.1. The molecule has 0 fully saturated rings. The topological polar surface area (TPSA) is 148 Å². The summed E-state index contributed by atoms with van der Waals surface area (Å²) in [6, 6.07) is 4.68. The van der Waals surface area contributed by atoms with Gasteiger partial charge in [-0.25, -0.2) is 29.3 Å². The maximum Gasteiger partial charge on any atom is 0.334 e. The van der Waals surface area contributed by atoms with E-state index in [-0.39, 0.29) is 0 Å². The molecule has 0 saturated carbocycles. The van der Waals surface area contributed by atoms with Gasteiger partial charge in [0, 0.05) is 56.9 Å². The molecule has 0 aromatic rings. The highest BCUT2D eigenvalue weighted by Gasteiger charge is 2.43. The number of rotatable bonds is 39. The van der Waals surface area contributed by atoms with Crippen molar-refractivity contribution in [1.82, 2.24) is 0 Å². The van der Waals surface area contributed by atoms with Crippen LogP contribution in [-0.2, 0) is 73.0 Å². The summed E-state index contributed by atoms with van der Waals surface area (Å²) in [7, 11) is -0.550. The summed E-state index contributed by atoms with van der Waals surface area (Å²) in [4.78, 5) is 32.5. The smallest absolute Gasteiger partial charge is 0.334 e. The van der Waals surface area contributed by atoms with Gasteiger partial charge in [-0.05, 0) is 114 Å². The number of hydrogen-bond acceptors (Lipinski definition) is 16. The zero-order valence-electron chi connectivity index (χ0n) is 36.3. The van der Waals surface area contributed by atoms with Gasteiger partial charge >= 0.3 is 51.4 Å². The molecule has 0 amide bonds. The highest BCUT2D eigenvalue weighted by Crippen LogP contribution is 2.27. The summed E-state index contributed by atoms with van der Waals surface area (Å²) in [6.07, 6.45) is 4.60. The molecule has 0 rings (SSSR count). The summed E-state index contributed by atoms with van der Waals surface area (Å²) in [5.74, 6) is 0. The van der Waals surface area contributed by atoms with Gasteiger partial charge in [0.15, 0.2) is 0 Å². The molecule has 0 heterocycles. The Bertz CT molecular complexity index is 847. The Balaban J connectivity index is 4.37. The Hall–Kier alpha value is 0.661. The molecular weight excluding hydrogens is 809 g/mol. The molecule has 0 saturated heterocycles. The molecule has 0 aliphatic heterocycles. The van der Waals surface area contributed by atoms with Crippen molar-refractivity contribution < 1.29 is 73.0 Å². The van der Waals surface area contributed by atoms with Crippen molar-refractivity contribution in [3.63, 3.8) is 0 Å². The van der Waals surface area contributed by atoms with Crippen LogP contribution in [0.5, 0.6) is 0 Å². The van der Waals surface area contributed by atoms with Crippen LogP contribution in [0.2, 0.25) is 75.5 Å². The largest absolute Gasteiger partial charge is 0.415 e. The first-order valence-corrected chi connectivity index (χ1v) is 34.2. The molecule has 0 radical (unpaired) electrons. The predicted molar refractivity (Wildman–Crippen MR) is 220 cm³/mol. The van der Waals surface area contributed by atoms with Gasteiger partial charge in [-0.15, -0.1) is 0 Å². The van der Waals surface area contributed by atoms with Gasteiger partial charge < -0.3 is 43.6 Å². The van der Waals surface area contributed by atoms with Crippen molar-refractivity contribution in [3.05, 3.63) is 0 Å². The second kappa shape index (κ2) is 29.8. The predicted octanol–water partition coefficient (Wildman–Crippen LogP) is 6.81. The molecular formula is C32H78O16Si6. The fraction of sp³-hybridized carbons (Fsp3) is 1.00. The van der Waals surface area contributed by atoms with Crippen LogP contribution in [0.3, 0.4) is 0 Å². The van der Waals surface area contributed by atoms with Gasteiger partial charge in [-0.2, -0.15) is 0 Å². The Morgan fingerprint density at radius 3 is 0.537 bits per heavy atom. The molecule has 54 heavy (non-hydrogen) atoms.